The van der Waals surface area contributed by atoms with Crippen LogP contribution in [0.15, 0.2) is 64.6 Å². The third-order valence-electron chi connectivity index (χ3n) is 6.03. The summed E-state index contributed by atoms with van der Waals surface area (Å²) in [5, 5.41) is 5.73. The van der Waals surface area contributed by atoms with Gasteiger partial charge < -0.3 is 9.64 Å². The summed E-state index contributed by atoms with van der Waals surface area (Å²) in [5.74, 6) is 0.696. The number of thioether (sulfide) groups is 1. The number of hydrogen-bond donors (Lipinski definition) is 0. The highest BCUT2D eigenvalue weighted by atomic mass is 32.2. The second-order valence-corrected chi connectivity index (χ2v) is 9.49. The highest BCUT2D eigenvalue weighted by Gasteiger charge is 2.27. The van der Waals surface area contributed by atoms with Gasteiger partial charge in [0.1, 0.15) is 11.4 Å². The second kappa shape index (κ2) is 9.89. The number of benzene rings is 2. The molecule has 0 aliphatic carbocycles. The maximum atomic E-state index is 12.8. The van der Waals surface area contributed by atoms with Crippen LogP contribution in [0.5, 0.6) is 5.75 Å². The fraction of sp³-hybridized carbons (Fsp3) is 0.296. The van der Waals surface area contributed by atoms with Gasteiger partial charge in [-0.3, -0.25) is 4.79 Å². The van der Waals surface area contributed by atoms with E-state index in [9.17, 15) is 4.79 Å². The predicted octanol–water partition coefficient (Wildman–Crippen LogP) is 5.70. The van der Waals surface area contributed by atoms with Crippen molar-refractivity contribution in [3.05, 3.63) is 70.8 Å². The Hall–Kier alpha value is -3.32. The molecular weight excluding hydrogens is 444 g/mol. The molecule has 0 N–H and O–H groups in total. The van der Waals surface area contributed by atoms with E-state index < -0.39 is 0 Å². The number of piperidine rings is 1. The normalized spacial score (nSPS) is 17.4. The van der Waals surface area contributed by atoms with E-state index in [1.807, 2.05) is 73.3 Å². The van der Waals surface area contributed by atoms with Crippen LogP contribution in [0.1, 0.15) is 37.3 Å². The minimum Gasteiger partial charge on any atom is -0.494 e. The molecule has 6 nitrogen and oxygen atoms in total. The Bertz CT molecular complexity index is 1260. The van der Waals surface area contributed by atoms with Gasteiger partial charge in [0, 0.05) is 30.4 Å². The molecule has 0 radical (unpaired) electrons. The first-order chi connectivity index (χ1) is 16.6. The highest BCUT2D eigenvalue weighted by molar-refractivity contribution is 8.18. The number of amidine groups is 1. The molecule has 3 aromatic rings. The van der Waals surface area contributed by atoms with Crippen molar-refractivity contribution < 1.29 is 9.53 Å². The van der Waals surface area contributed by atoms with Gasteiger partial charge >= 0.3 is 0 Å². The van der Waals surface area contributed by atoms with E-state index in [0.717, 1.165) is 64.9 Å². The minimum absolute atomic E-state index is 0.174. The van der Waals surface area contributed by atoms with Crippen molar-refractivity contribution in [1.29, 1.82) is 0 Å². The Balaban J connectivity index is 1.52. The third-order valence-corrected chi connectivity index (χ3v) is 7.08. The molecule has 0 bridgehead atoms. The molecular formula is C27H28N4O2S. The van der Waals surface area contributed by atoms with Crippen LogP contribution in [0.25, 0.3) is 23.0 Å². The Labute approximate surface area is 204 Å². The molecule has 3 heterocycles. The van der Waals surface area contributed by atoms with E-state index >= 15 is 0 Å². The molecule has 2 aromatic carbocycles. The lowest BCUT2D eigenvalue weighted by Crippen LogP contribution is -2.33. The zero-order valence-corrected chi connectivity index (χ0v) is 20.3. The summed E-state index contributed by atoms with van der Waals surface area (Å²) in [6.07, 6.45) is 7.46. The minimum atomic E-state index is -0.174. The number of carbonyl (C=O) groups excluding carboxylic acids is 1. The summed E-state index contributed by atoms with van der Waals surface area (Å²) in [6.45, 7) is 6.58. The van der Waals surface area contributed by atoms with Crippen molar-refractivity contribution in [2.24, 2.45) is 4.99 Å². The molecule has 1 aromatic heterocycles. The lowest BCUT2D eigenvalue weighted by molar-refractivity contribution is -0.113. The number of nitrogens with zero attached hydrogens (tertiary/aromatic N) is 4. The summed E-state index contributed by atoms with van der Waals surface area (Å²) >= 11 is 1.47. The molecule has 0 unspecified atom stereocenters. The lowest BCUT2D eigenvalue weighted by Gasteiger charge is -2.27. The molecule has 0 saturated carbocycles. The Morgan fingerprint density at radius 3 is 2.62 bits per heavy atom. The zero-order valence-electron chi connectivity index (χ0n) is 19.5. The average molecular weight is 473 g/mol. The summed E-state index contributed by atoms with van der Waals surface area (Å²) in [5.41, 5.74) is 4.71. The number of ether oxygens (including phenoxy) is 1. The van der Waals surface area contributed by atoms with Gasteiger partial charge in [-0.1, -0.05) is 18.2 Å². The van der Waals surface area contributed by atoms with Crippen molar-refractivity contribution in [1.82, 2.24) is 14.7 Å². The zero-order chi connectivity index (χ0) is 23.5. The van der Waals surface area contributed by atoms with Gasteiger partial charge in [-0.25, -0.2) is 4.68 Å². The van der Waals surface area contributed by atoms with Crippen molar-refractivity contribution in [2.45, 2.75) is 33.1 Å². The number of para-hydroxylation sites is 1. The molecule has 5 rings (SSSR count). The average Bonchev–Trinajstić information content (AvgIpc) is 3.45. The fourth-order valence-corrected chi connectivity index (χ4v) is 5.26. The number of aromatic nitrogens is 2. The summed E-state index contributed by atoms with van der Waals surface area (Å²) in [4.78, 5) is 20.0. The van der Waals surface area contributed by atoms with Gasteiger partial charge in [-0.2, -0.15) is 10.1 Å². The Kier molecular flexibility index (Phi) is 6.54. The third kappa shape index (κ3) is 4.66. The number of rotatable bonds is 5. The van der Waals surface area contributed by atoms with Crippen molar-refractivity contribution in [2.75, 3.05) is 19.7 Å². The molecule has 0 spiro atoms. The fourth-order valence-electron chi connectivity index (χ4n) is 4.30. The first-order valence-electron chi connectivity index (χ1n) is 11.8. The maximum absolute atomic E-state index is 12.8. The Morgan fingerprint density at radius 2 is 1.88 bits per heavy atom. The summed E-state index contributed by atoms with van der Waals surface area (Å²) in [6, 6.07) is 16.1. The topological polar surface area (TPSA) is 59.7 Å². The largest absolute Gasteiger partial charge is 0.494 e. The number of hydrogen-bond acceptors (Lipinski definition) is 5. The van der Waals surface area contributed by atoms with E-state index in [2.05, 4.69) is 16.0 Å². The van der Waals surface area contributed by atoms with E-state index in [4.69, 9.17) is 9.84 Å². The van der Waals surface area contributed by atoms with Gasteiger partial charge in [-0.15, -0.1) is 0 Å². The molecule has 7 heteroatoms. The monoisotopic (exact) mass is 472 g/mol. The maximum Gasteiger partial charge on any atom is 0.286 e. The molecule has 174 valence electrons. The first kappa shape index (κ1) is 22.5. The Morgan fingerprint density at radius 1 is 1.09 bits per heavy atom. The van der Waals surface area contributed by atoms with Crippen molar-refractivity contribution in [3.8, 4) is 22.7 Å². The number of aliphatic imine (C=N–C) groups is 1. The van der Waals surface area contributed by atoms with E-state index in [1.165, 1.54) is 18.2 Å². The van der Waals surface area contributed by atoms with Crippen LogP contribution in [-0.2, 0) is 4.79 Å². The quantitative estimate of drug-likeness (QED) is 0.446. The van der Waals surface area contributed by atoms with Crippen LogP contribution in [0.3, 0.4) is 0 Å². The van der Waals surface area contributed by atoms with Gasteiger partial charge in [-0.05, 0) is 86.8 Å². The highest BCUT2D eigenvalue weighted by Crippen LogP contribution is 2.35. The van der Waals surface area contributed by atoms with Gasteiger partial charge in [0.05, 0.1) is 17.2 Å². The molecule has 0 atom stereocenters. The number of amides is 1. The van der Waals surface area contributed by atoms with Crippen molar-refractivity contribution in [3.63, 3.8) is 0 Å². The molecule has 2 aliphatic rings. The lowest BCUT2D eigenvalue weighted by atomic mass is 10.0. The molecule has 1 fully saturated rings. The first-order valence-corrected chi connectivity index (χ1v) is 12.6. The SMILES string of the molecule is CCOc1ccc(-c2nn(-c3ccccc3)cc2/C=C2/SC(N3CCCCC3)=NC2=O)cc1C. The molecule has 34 heavy (non-hydrogen) atoms. The van der Waals surface area contributed by atoms with Crippen LogP contribution in [0.2, 0.25) is 0 Å². The summed E-state index contributed by atoms with van der Waals surface area (Å²) < 4.78 is 7.58. The molecule has 1 amide bonds. The number of aryl methyl sites for hydroxylation is 1. The number of carbonyl (C=O) groups is 1. The van der Waals surface area contributed by atoms with Gasteiger partial charge in [0.2, 0.25) is 0 Å². The second-order valence-electron chi connectivity index (χ2n) is 8.48. The van der Waals surface area contributed by atoms with Crippen LogP contribution in [0.4, 0.5) is 0 Å². The van der Waals surface area contributed by atoms with E-state index in [0.29, 0.717) is 11.5 Å². The van der Waals surface area contributed by atoms with Crippen LogP contribution in [-0.4, -0.2) is 45.5 Å². The smallest absolute Gasteiger partial charge is 0.286 e. The standard InChI is InChI=1S/C27H28N4O2S/c1-3-33-23-13-12-20(16-19(23)2)25-21(18-31(29-25)22-10-6-4-7-11-22)17-24-26(32)28-27(34-24)30-14-8-5-9-15-30/h4,6-7,10-13,16-18H,3,5,8-9,14-15H2,1-2H3/b24-17+. The van der Waals surface area contributed by atoms with E-state index in [-0.39, 0.29) is 5.91 Å². The molecule has 2 aliphatic heterocycles. The van der Waals surface area contributed by atoms with E-state index in [1.54, 1.807) is 0 Å². The van der Waals surface area contributed by atoms with Gasteiger partial charge in [0.25, 0.3) is 5.91 Å². The van der Waals surface area contributed by atoms with Crippen LogP contribution < -0.4 is 4.74 Å². The van der Waals surface area contributed by atoms with Crippen LogP contribution >= 0.6 is 11.8 Å². The molecule has 1 saturated heterocycles. The van der Waals surface area contributed by atoms with Crippen LogP contribution in [0, 0.1) is 6.92 Å². The number of likely N-dealkylation sites (tertiary alicyclic amines) is 1. The summed E-state index contributed by atoms with van der Waals surface area (Å²) in [7, 11) is 0. The van der Waals surface area contributed by atoms with Gasteiger partial charge in [0.15, 0.2) is 5.17 Å². The predicted molar refractivity (Wildman–Crippen MR) is 138 cm³/mol. The van der Waals surface area contributed by atoms with Crippen molar-refractivity contribution >= 4 is 28.9 Å².